The van der Waals surface area contributed by atoms with Gasteiger partial charge < -0.3 is 9.80 Å². The molecule has 0 spiro atoms. The van der Waals surface area contributed by atoms with Crippen molar-refractivity contribution < 1.29 is 4.79 Å². The number of amides is 1. The summed E-state index contributed by atoms with van der Waals surface area (Å²) in [4.78, 5) is 31.0. The van der Waals surface area contributed by atoms with E-state index in [9.17, 15) is 9.59 Å². The number of nitrogens with zero attached hydrogens (tertiary/aromatic N) is 4. The molecule has 4 aromatic rings. The second-order valence-corrected chi connectivity index (χ2v) is 9.97. The summed E-state index contributed by atoms with van der Waals surface area (Å²) in [5, 5.41) is 6.16. The second kappa shape index (κ2) is 8.30. The summed E-state index contributed by atoms with van der Waals surface area (Å²) in [5.41, 5.74) is 4.31. The van der Waals surface area contributed by atoms with Crippen LogP contribution in [0, 0.1) is 20.8 Å². The SMILES string of the molecule is Cc1ccc(C)c(N2CCN(C(=O)[C@H](C)n3nc(C)c4sc5ccccc5c4c3=O)CC2)c1. The van der Waals surface area contributed by atoms with Crippen molar-refractivity contribution in [2.45, 2.75) is 33.7 Å². The molecule has 6 nitrogen and oxygen atoms in total. The lowest BCUT2D eigenvalue weighted by atomic mass is 10.1. The first-order valence-electron chi connectivity index (χ1n) is 11.4. The molecule has 0 unspecified atom stereocenters. The Morgan fingerprint density at radius 3 is 2.52 bits per heavy atom. The number of carbonyl (C=O) groups is 1. The third-order valence-electron chi connectivity index (χ3n) is 6.62. The zero-order valence-electron chi connectivity index (χ0n) is 19.5. The van der Waals surface area contributed by atoms with Crippen LogP contribution in [-0.2, 0) is 4.79 Å². The predicted octanol–water partition coefficient (Wildman–Crippen LogP) is 4.45. The molecule has 1 saturated heterocycles. The van der Waals surface area contributed by atoms with Gasteiger partial charge in [-0.2, -0.15) is 5.10 Å². The van der Waals surface area contributed by atoms with Crippen LogP contribution in [0.5, 0.6) is 0 Å². The molecular formula is C26H28N4O2S. The van der Waals surface area contributed by atoms with Crippen LogP contribution in [-0.4, -0.2) is 46.8 Å². The van der Waals surface area contributed by atoms with E-state index in [0.717, 1.165) is 33.6 Å². The third-order valence-corrected chi connectivity index (χ3v) is 7.90. The van der Waals surface area contributed by atoms with Gasteiger partial charge in [0.15, 0.2) is 0 Å². The molecule has 7 heteroatoms. The Morgan fingerprint density at radius 2 is 1.76 bits per heavy atom. The Hall–Kier alpha value is -3.19. The smallest absolute Gasteiger partial charge is 0.276 e. The van der Waals surface area contributed by atoms with Crippen LogP contribution in [0.15, 0.2) is 47.3 Å². The molecule has 0 radical (unpaired) electrons. The van der Waals surface area contributed by atoms with Gasteiger partial charge in [-0.25, -0.2) is 4.68 Å². The van der Waals surface area contributed by atoms with E-state index in [1.165, 1.54) is 21.5 Å². The average molecular weight is 461 g/mol. The Kier molecular flexibility index (Phi) is 5.44. The maximum Gasteiger partial charge on any atom is 0.276 e. The zero-order chi connectivity index (χ0) is 23.3. The Balaban J connectivity index is 1.40. The van der Waals surface area contributed by atoms with Gasteiger partial charge in [0.1, 0.15) is 6.04 Å². The van der Waals surface area contributed by atoms with Gasteiger partial charge in [0.25, 0.3) is 5.56 Å². The van der Waals surface area contributed by atoms with Crippen molar-refractivity contribution >= 4 is 43.1 Å². The number of hydrogen-bond acceptors (Lipinski definition) is 5. The standard InChI is InChI=1S/C26H28N4O2S/c1-16-9-10-17(2)21(15-16)28-11-13-29(14-12-28)25(31)19(4)30-26(32)23-20-7-5-6-8-22(20)33-24(23)18(3)27-30/h5-10,15,19H,11-14H2,1-4H3/t19-/m0/s1. The van der Waals surface area contributed by atoms with Gasteiger partial charge in [0.05, 0.1) is 15.8 Å². The van der Waals surface area contributed by atoms with Gasteiger partial charge in [-0.3, -0.25) is 9.59 Å². The van der Waals surface area contributed by atoms with Crippen molar-refractivity contribution in [3.8, 4) is 0 Å². The molecule has 1 atom stereocenters. The minimum atomic E-state index is -0.647. The maximum atomic E-state index is 13.4. The summed E-state index contributed by atoms with van der Waals surface area (Å²) in [6.07, 6.45) is 0. The number of thiophene rings is 1. The first kappa shape index (κ1) is 21.6. The fourth-order valence-corrected chi connectivity index (χ4v) is 5.87. The first-order valence-corrected chi connectivity index (χ1v) is 12.2. The number of aryl methyl sites for hydroxylation is 3. The number of fused-ring (bicyclic) bond motifs is 3. The molecule has 0 N–H and O–H groups in total. The Bertz CT molecular complexity index is 1430. The monoisotopic (exact) mass is 460 g/mol. The molecule has 170 valence electrons. The molecule has 3 heterocycles. The van der Waals surface area contributed by atoms with Crippen LogP contribution in [0.3, 0.4) is 0 Å². The van der Waals surface area contributed by atoms with Crippen molar-refractivity contribution in [2.24, 2.45) is 0 Å². The normalized spacial score (nSPS) is 15.4. The van der Waals surface area contributed by atoms with E-state index in [0.29, 0.717) is 18.5 Å². The van der Waals surface area contributed by atoms with E-state index >= 15 is 0 Å². The topological polar surface area (TPSA) is 58.4 Å². The van der Waals surface area contributed by atoms with Crippen LogP contribution in [0.25, 0.3) is 20.2 Å². The summed E-state index contributed by atoms with van der Waals surface area (Å²) < 4.78 is 3.35. The number of rotatable bonds is 3. The molecule has 1 fully saturated rings. The number of carbonyl (C=O) groups excluding carboxylic acids is 1. The van der Waals surface area contributed by atoms with Gasteiger partial charge >= 0.3 is 0 Å². The van der Waals surface area contributed by atoms with Crippen LogP contribution in [0.1, 0.15) is 29.8 Å². The lowest BCUT2D eigenvalue weighted by molar-refractivity contribution is -0.135. The number of piperazine rings is 1. The van der Waals surface area contributed by atoms with Crippen LogP contribution in [0.4, 0.5) is 5.69 Å². The van der Waals surface area contributed by atoms with Gasteiger partial charge in [-0.15, -0.1) is 11.3 Å². The van der Waals surface area contributed by atoms with E-state index in [-0.39, 0.29) is 11.5 Å². The first-order chi connectivity index (χ1) is 15.8. The summed E-state index contributed by atoms with van der Waals surface area (Å²) in [5.74, 6) is -0.0523. The fourth-order valence-electron chi connectivity index (χ4n) is 4.74. The van der Waals surface area contributed by atoms with Gasteiger partial charge in [0, 0.05) is 42.0 Å². The van der Waals surface area contributed by atoms with Crippen LogP contribution < -0.4 is 10.5 Å². The summed E-state index contributed by atoms with van der Waals surface area (Å²) in [6.45, 7) is 10.7. The molecule has 0 bridgehead atoms. The van der Waals surface area contributed by atoms with E-state index < -0.39 is 6.04 Å². The van der Waals surface area contributed by atoms with Crippen LogP contribution in [0.2, 0.25) is 0 Å². The molecule has 0 saturated carbocycles. The molecule has 0 aliphatic carbocycles. The third kappa shape index (κ3) is 3.70. The molecule has 1 amide bonds. The van der Waals surface area contributed by atoms with E-state index in [1.807, 2.05) is 36.1 Å². The number of hydrogen-bond donors (Lipinski definition) is 0. The van der Waals surface area contributed by atoms with Crippen molar-refractivity contribution in [2.75, 3.05) is 31.1 Å². The van der Waals surface area contributed by atoms with Gasteiger partial charge in [-0.1, -0.05) is 30.3 Å². The average Bonchev–Trinajstić information content (AvgIpc) is 3.23. The van der Waals surface area contributed by atoms with Crippen molar-refractivity contribution in [1.29, 1.82) is 0 Å². The molecule has 1 aliphatic rings. The molecule has 2 aromatic heterocycles. The number of anilines is 1. The summed E-state index contributed by atoms with van der Waals surface area (Å²) >= 11 is 1.58. The Labute approximate surface area is 197 Å². The van der Waals surface area contributed by atoms with E-state index in [4.69, 9.17) is 0 Å². The number of aromatic nitrogens is 2. The van der Waals surface area contributed by atoms with Gasteiger partial charge in [0.2, 0.25) is 5.91 Å². The predicted molar refractivity (Wildman–Crippen MR) is 136 cm³/mol. The van der Waals surface area contributed by atoms with Crippen LogP contribution >= 0.6 is 11.3 Å². The molecule has 2 aromatic carbocycles. The number of benzene rings is 2. The highest BCUT2D eigenvalue weighted by atomic mass is 32.1. The highest BCUT2D eigenvalue weighted by molar-refractivity contribution is 7.26. The lowest BCUT2D eigenvalue weighted by Crippen LogP contribution is -2.51. The minimum absolute atomic E-state index is 0.0523. The maximum absolute atomic E-state index is 13.4. The summed E-state index contributed by atoms with van der Waals surface area (Å²) in [7, 11) is 0. The van der Waals surface area contributed by atoms with Gasteiger partial charge in [-0.05, 0) is 51.0 Å². The Morgan fingerprint density at radius 1 is 1.03 bits per heavy atom. The van der Waals surface area contributed by atoms with Crippen molar-refractivity contribution in [1.82, 2.24) is 14.7 Å². The fraction of sp³-hybridized carbons (Fsp3) is 0.346. The van der Waals surface area contributed by atoms with E-state index in [2.05, 4.69) is 42.0 Å². The molecule has 5 rings (SSSR count). The molecule has 33 heavy (non-hydrogen) atoms. The highest BCUT2D eigenvalue weighted by Gasteiger charge is 2.28. The zero-order valence-corrected chi connectivity index (χ0v) is 20.3. The highest BCUT2D eigenvalue weighted by Crippen LogP contribution is 2.33. The van der Waals surface area contributed by atoms with E-state index in [1.54, 1.807) is 18.3 Å². The molecular weight excluding hydrogens is 432 g/mol. The molecule has 1 aliphatic heterocycles. The summed E-state index contributed by atoms with van der Waals surface area (Å²) in [6, 6.07) is 13.7. The quantitative estimate of drug-likeness (QED) is 0.453. The lowest BCUT2D eigenvalue weighted by Gasteiger charge is -2.38. The van der Waals surface area contributed by atoms with Crippen molar-refractivity contribution in [3.05, 3.63) is 69.6 Å². The minimum Gasteiger partial charge on any atom is -0.368 e. The van der Waals surface area contributed by atoms with Crippen molar-refractivity contribution in [3.63, 3.8) is 0 Å². The largest absolute Gasteiger partial charge is 0.368 e. The second-order valence-electron chi connectivity index (χ2n) is 8.92.